The largest absolute Gasteiger partial charge is 0.382 e. The number of aryl methyl sites for hydroxylation is 1. The molecule has 0 unspecified atom stereocenters. The molecule has 3 rings (SSSR count). The van der Waals surface area contributed by atoms with E-state index in [9.17, 15) is 0 Å². The Bertz CT molecular complexity index is 416. The highest BCUT2D eigenvalue weighted by molar-refractivity contribution is 5.56. The fourth-order valence-electron chi connectivity index (χ4n) is 3.85. The Morgan fingerprint density at radius 1 is 1.05 bits per heavy atom. The Kier molecular flexibility index (Phi) is 4.10. The SMILES string of the molecule is CCC1CCC(Nc2cccc3c2CCCC3)CC1. The Balaban J connectivity index is 1.67. The molecule has 0 aliphatic heterocycles. The first-order valence-electron chi connectivity index (χ1n) is 8.24. The number of nitrogens with one attached hydrogen (secondary N) is 1. The van der Waals surface area contributed by atoms with Crippen LogP contribution in [0.3, 0.4) is 0 Å². The van der Waals surface area contributed by atoms with Crippen LogP contribution < -0.4 is 5.32 Å². The van der Waals surface area contributed by atoms with Crippen molar-refractivity contribution in [2.75, 3.05) is 5.32 Å². The Morgan fingerprint density at radius 2 is 1.84 bits per heavy atom. The molecule has 1 aromatic carbocycles. The molecule has 2 aliphatic carbocycles. The van der Waals surface area contributed by atoms with Crippen molar-refractivity contribution in [3.05, 3.63) is 29.3 Å². The summed E-state index contributed by atoms with van der Waals surface area (Å²) in [5.41, 5.74) is 4.65. The van der Waals surface area contributed by atoms with Crippen molar-refractivity contribution >= 4 is 5.69 Å². The van der Waals surface area contributed by atoms with Crippen molar-refractivity contribution in [3.8, 4) is 0 Å². The predicted molar refractivity (Wildman–Crippen MR) is 82.7 cm³/mol. The standard InChI is InChI=1S/C18H27N/c1-2-14-10-12-16(13-11-14)19-18-9-5-7-15-6-3-4-8-17(15)18/h5,7,9,14,16,19H,2-4,6,8,10-13H2,1H3. The molecule has 19 heavy (non-hydrogen) atoms. The fourth-order valence-corrected chi connectivity index (χ4v) is 3.85. The van der Waals surface area contributed by atoms with Gasteiger partial charge >= 0.3 is 0 Å². The van der Waals surface area contributed by atoms with Gasteiger partial charge in [0.2, 0.25) is 0 Å². The summed E-state index contributed by atoms with van der Waals surface area (Å²) in [7, 11) is 0. The molecule has 1 aromatic rings. The van der Waals surface area contributed by atoms with E-state index >= 15 is 0 Å². The zero-order valence-electron chi connectivity index (χ0n) is 12.3. The third-order valence-electron chi connectivity index (χ3n) is 5.18. The van der Waals surface area contributed by atoms with Gasteiger partial charge in [-0.15, -0.1) is 0 Å². The molecule has 1 heteroatoms. The summed E-state index contributed by atoms with van der Waals surface area (Å²) in [5.74, 6) is 0.989. The van der Waals surface area contributed by atoms with Crippen LogP contribution >= 0.6 is 0 Å². The van der Waals surface area contributed by atoms with Gasteiger partial charge in [0.15, 0.2) is 0 Å². The van der Waals surface area contributed by atoms with Crippen LogP contribution in [0.2, 0.25) is 0 Å². The fraction of sp³-hybridized carbons (Fsp3) is 0.667. The van der Waals surface area contributed by atoms with Crippen molar-refractivity contribution < 1.29 is 0 Å². The monoisotopic (exact) mass is 257 g/mol. The summed E-state index contributed by atoms with van der Waals surface area (Å²) < 4.78 is 0. The molecule has 1 saturated carbocycles. The molecule has 1 N–H and O–H groups in total. The first-order chi connectivity index (χ1) is 9.36. The van der Waals surface area contributed by atoms with Gasteiger partial charge in [-0.05, 0) is 74.5 Å². The van der Waals surface area contributed by atoms with Gasteiger partial charge in [0.1, 0.15) is 0 Å². The molecular weight excluding hydrogens is 230 g/mol. The maximum atomic E-state index is 3.85. The number of anilines is 1. The van der Waals surface area contributed by atoms with Crippen LogP contribution in [0.25, 0.3) is 0 Å². The minimum absolute atomic E-state index is 0.719. The number of benzene rings is 1. The van der Waals surface area contributed by atoms with Crippen LogP contribution in [0.1, 0.15) is 63.0 Å². The highest BCUT2D eigenvalue weighted by atomic mass is 14.9. The van der Waals surface area contributed by atoms with Crippen molar-refractivity contribution in [1.82, 2.24) is 0 Å². The van der Waals surface area contributed by atoms with E-state index in [2.05, 4.69) is 30.4 Å². The van der Waals surface area contributed by atoms with E-state index in [0.717, 1.165) is 12.0 Å². The summed E-state index contributed by atoms with van der Waals surface area (Å²) in [6, 6.07) is 7.59. The van der Waals surface area contributed by atoms with Crippen LogP contribution in [-0.4, -0.2) is 6.04 Å². The normalized spacial score (nSPS) is 26.8. The third kappa shape index (κ3) is 2.96. The maximum absolute atomic E-state index is 3.85. The zero-order valence-corrected chi connectivity index (χ0v) is 12.3. The summed E-state index contributed by atoms with van der Waals surface area (Å²) in [6.07, 6.45) is 12.2. The van der Waals surface area contributed by atoms with Crippen LogP contribution in [0.5, 0.6) is 0 Å². The second kappa shape index (κ2) is 5.98. The lowest BCUT2D eigenvalue weighted by Crippen LogP contribution is -2.26. The average molecular weight is 257 g/mol. The molecule has 0 bridgehead atoms. The number of fused-ring (bicyclic) bond motifs is 1. The van der Waals surface area contributed by atoms with Crippen LogP contribution in [0, 0.1) is 5.92 Å². The Hall–Kier alpha value is -0.980. The molecule has 0 amide bonds. The van der Waals surface area contributed by atoms with Crippen molar-refractivity contribution in [2.24, 2.45) is 5.92 Å². The lowest BCUT2D eigenvalue weighted by atomic mass is 9.84. The van der Waals surface area contributed by atoms with Crippen LogP contribution in [-0.2, 0) is 12.8 Å². The summed E-state index contributed by atoms with van der Waals surface area (Å²) in [4.78, 5) is 0. The van der Waals surface area contributed by atoms with Gasteiger partial charge in [-0.2, -0.15) is 0 Å². The second-order valence-electron chi connectivity index (χ2n) is 6.42. The molecular formula is C18H27N. The number of hydrogen-bond acceptors (Lipinski definition) is 1. The van der Waals surface area contributed by atoms with Gasteiger partial charge in [-0.1, -0.05) is 25.5 Å². The Morgan fingerprint density at radius 3 is 2.63 bits per heavy atom. The minimum atomic E-state index is 0.719. The van der Waals surface area contributed by atoms with E-state index < -0.39 is 0 Å². The quantitative estimate of drug-likeness (QED) is 0.808. The van der Waals surface area contributed by atoms with E-state index in [1.165, 1.54) is 63.5 Å². The first kappa shape index (κ1) is 13.0. The van der Waals surface area contributed by atoms with E-state index in [1.807, 2.05) is 0 Å². The van der Waals surface area contributed by atoms with Crippen molar-refractivity contribution in [2.45, 2.75) is 70.8 Å². The molecule has 0 radical (unpaired) electrons. The molecule has 2 aliphatic rings. The lowest BCUT2D eigenvalue weighted by molar-refractivity contribution is 0.330. The van der Waals surface area contributed by atoms with Crippen LogP contribution in [0.15, 0.2) is 18.2 Å². The highest BCUT2D eigenvalue weighted by Gasteiger charge is 2.21. The molecule has 0 heterocycles. The molecule has 0 spiro atoms. The van der Waals surface area contributed by atoms with Gasteiger partial charge in [0.25, 0.3) is 0 Å². The predicted octanol–water partition coefficient (Wildman–Crippen LogP) is 4.95. The van der Waals surface area contributed by atoms with Crippen LogP contribution in [0.4, 0.5) is 5.69 Å². The van der Waals surface area contributed by atoms with Gasteiger partial charge < -0.3 is 5.32 Å². The minimum Gasteiger partial charge on any atom is -0.382 e. The van der Waals surface area contributed by atoms with E-state index in [-0.39, 0.29) is 0 Å². The average Bonchev–Trinajstić information content (AvgIpc) is 2.48. The van der Waals surface area contributed by atoms with Gasteiger partial charge in [0, 0.05) is 11.7 Å². The second-order valence-corrected chi connectivity index (χ2v) is 6.42. The molecule has 1 nitrogen and oxygen atoms in total. The Labute approximate surface area is 117 Å². The van der Waals surface area contributed by atoms with Gasteiger partial charge in [-0.3, -0.25) is 0 Å². The summed E-state index contributed by atoms with van der Waals surface area (Å²) >= 11 is 0. The van der Waals surface area contributed by atoms with E-state index in [4.69, 9.17) is 0 Å². The maximum Gasteiger partial charge on any atom is 0.0377 e. The first-order valence-corrected chi connectivity index (χ1v) is 8.24. The third-order valence-corrected chi connectivity index (χ3v) is 5.18. The van der Waals surface area contributed by atoms with Gasteiger partial charge in [0.05, 0.1) is 0 Å². The summed E-state index contributed by atoms with van der Waals surface area (Å²) in [5, 5.41) is 3.85. The van der Waals surface area contributed by atoms with Gasteiger partial charge in [-0.25, -0.2) is 0 Å². The van der Waals surface area contributed by atoms with E-state index in [1.54, 1.807) is 11.1 Å². The number of hydrogen-bond donors (Lipinski definition) is 1. The molecule has 0 aromatic heterocycles. The zero-order chi connectivity index (χ0) is 13.1. The van der Waals surface area contributed by atoms with Crippen molar-refractivity contribution in [1.29, 1.82) is 0 Å². The molecule has 0 saturated heterocycles. The van der Waals surface area contributed by atoms with E-state index in [0.29, 0.717) is 0 Å². The summed E-state index contributed by atoms with van der Waals surface area (Å²) in [6.45, 7) is 2.34. The van der Waals surface area contributed by atoms with Crippen molar-refractivity contribution in [3.63, 3.8) is 0 Å². The topological polar surface area (TPSA) is 12.0 Å². The number of rotatable bonds is 3. The smallest absolute Gasteiger partial charge is 0.0377 e. The molecule has 104 valence electrons. The molecule has 0 atom stereocenters. The molecule has 1 fully saturated rings. The highest BCUT2D eigenvalue weighted by Crippen LogP contribution is 2.32. The lowest BCUT2D eigenvalue weighted by Gasteiger charge is -2.30.